The maximum Gasteiger partial charge on any atom is 0.363 e. The molecule has 0 radical (unpaired) electrons. The Labute approximate surface area is 197 Å². The van der Waals surface area contributed by atoms with E-state index in [9.17, 15) is 18.0 Å². The van der Waals surface area contributed by atoms with Crippen molar-refractivity contribution in [2.45, 2.75) is 32.6 Å². The van der Waals surface area contributed by atoms with Crippen molar-refractivity contribution in [3.8, 4) is 5.75 Å². The fourth-order valence-electron chi connectivity index (χ4n) is 2.06. The van der Waals surface area contributed by atoms with Crippen LogP contribution in [-0.2, 0) is 35.6 Å². The van der Waals surface area contributed by atoms with Crippen molar-refractivity contribution in [3.63, 3.8) is 0 Å². The molecule has 0 amide bonds. The molecule has 0 saturated carbocycles. The molecule has 29 heavy (non-hydrogen) atoms. The number of benzene rings is 1. The van der Waals surface area contributed by atoms with Crippen molar-refractivity contribution >= 4 is 91.7 Å². The van der Waals surface area contributed by atoms with Gasteiger partial charge < -0.3 is 9.47 Å². The molecular weight excluding hydrogens is 537 g/mol. The molecule has 1 N–H and O–H groups in total. The van der Waals surface area contributed by atoms with Crippen LogP contribution in [0.2, 0.25) is 0 Å². The molecular formula is C15H14Cl6O7S. The maximum atomic E-state index is 11.9. The van der Waals surface area contributed by atoms with Crippen molar-refractivity contribution < 1.29 is 32.0 Å². The lowest BCUT2D eigenvalue weighted by molar-refractivity contribution is -0.144. The van der Waals surface area contributed by atoms with Gasteiger partial charge in [0.05, 0.1) is 0 Å². The van der Waals surface area contributed by atoms with Crippen LogP contribution in [-0.4, -0.2) is 39.1 Å². The molecule has 1 rings (SSSR count). The van der Waals surface area contributed by atoms with E-state index in [1.54, 1.807) is 13.8 Å². The van der Waals surface area contributed by atoms with E-state index in [0.717, 1.165) is 0 Å². The molecule has 0 bridgehead atoms. The van der Waals surface area contributed by atoms with Crippen LogP contribution in [0.4, 0.5) is 0 Å². The maximum absolute atomic E-state index is 11.9. The van der Waals surface area contributed by atoms with Crippen LogP contribution in [0.3, 0.4) is 0 Å². The van der Waals surface area contributed by atoms with E-state index < -0.39 is 40.8 Å². The highest BCUT2D eigenvalue weighted by molar-refractivity contribution is 7.85. The van der Waals surface area contributed by atoms with Crippen LogP contribution >= 0.6 is 69.6 Å². The van der Waals surface area contributed by atoms with Gasteiger partial charge in [-0.15, -0.1) is 0 Å². The Kier molecular flexibility index (Phi) is 8.82. The number of carbonyl (C=O) groups is 2. The molecule has 0 spiro atoms. The zero-order chi connectivity index (χ0) is 22.8. The SMILES string of the molecule is CC(C)(COC(=O)C(Cl)(Cl)Cl)c1cc(CS(=O)(=O)O)ccc1OC(=O)C(Cl)(Cl)Cl. The van der Waals surface area contributed by atoms with Gasteiger partial charge in [0, 0.05) is 11.0 Å². The lowest BCUT2D eigenvalue weighted by atomic mass is 9.84. The summed E-state index contributed by atoms with van der Waals surface area (Å²) in [7, 11) is -4.35. The summed E-state index contributed by atoms with van der Waals surface area (Å²) in [5.41, 5.74) is -0.750. The van der Waals surface area contributed by atoms with Crippen LogP contribution in [0.5, 0.6) is 5.75 Å². The van der Waals surface area contributed by atoms with Gasteiger partial charge in [-0.05, 0) is 11.6 Å². The van der Waals surface area contributed by atoms with Crippen molar-refractivity contribution in [1.82, 2.24) is 0 Å². The molecule has 1 aromatic rings. The smallest absolute Gasteiger partial charge is 0.363 e. The molecule has 0 heterocycles. The predicted molar refractivity (Wildman–Crippen MR) is 112 cm³/mol. The fraction of sp³-hybridized carbons (Fsp3) is 0.467. The third-order valence-electron chi connectivity index (χ3n) is 3.35. The van der Waals surface area contributed by atoms with Crippen molar-refractivity contribution in [2.24, 2.45) is 0 Å². The number of hydrogen-bond donors (Lipinski definition) is 1. The van der Waals surface area contributed by atoms with Gasteiger partial charge in [-0.1, -0.05) is 95.6 Å². The number of rotatable bonds is 6. The molecule has 14 heteroatoms. The molecule has 0 aliphatic rings. The highest BCUT2D eigenvalue weighted by Crippen LogP contribution is 2.37. The monoisotopic (exact) mass is 548 g/mol. The van der Waals surface area contributed by atoms with Gasteiger partial charge in [-0.25, -0.2) is 9.59 Å². The topological polar surface area (TPSA) is 107 Å². The van der Waals surface area contributed by atoms with Gasteiger partial charge in [0.1, 0.15) is 18.1 Å². The molecule has 0 atom stereocenters. The van der Waals surface area contributed by atoms with E-state index in [-0.39, 0.29) is 23.5 Å². The van der Waals surface area contributed by atoms with E-state index >= 15 is 0 Å². The van der Waals surface area contributed by atoms with Crippen molar-refractivity contribution in [1.29, 1.82) is 0 Å². The Bertz CT molecular complexity index is 887. The summed E-state index contributed by atoms with van der Waals surface area (Å²) < 4.78 is 36.8. The first-order valence-electron chi connectivity index (χ1n) is 7.44. The average molecular weight is 551 g/mol. The molecule has 7 nitrogen and oxygen atoms in total. The Balaban J connectivity index is 3.34. The third-order valence-corrected chi connectivity index (χ3v) is 4.98. The summed E-state index contributed by atoms with van der Waals surface area (Å²) in [6, 6.07) is 3.84. The minimum Gasteiger partial charge on any atom is -0.462 e. The van der Waals surface area contributed by atoms with Crippen molar-refractivity contribution in [3.05, 3.63) is 29.3 Å². The summed E-state index contributed by atoms with van der Waals surface area (Å²) in [5.74, 6) is -3.19. The van der Waals surface area contributed by atoms with Gasteiger partial charge in [0.25, 0.3) is 17.7 Å². The van der Waals surface area contributed by atoms with Crippen LogP contribution in [0, 0.1) is 0 Å². The Hall–Kier alpha value is -0.190. The molecule has 0 unspecified atom stereocenters. The van der Waals surface area contributed by atoms with Crippen LogP contribution in [0.15, 0.2) is 18.2 Å². The second-order valence-corrected chi connectivity index (χ2v) is 12.4. The molecule has 0 aliphatic heterocycles. The first kappa shape index (κ1) is 26.8. The summed E-state index contributed by atoms with van der Waals surface area (Å²) in [6.07, 6.45) is 0. The standard InChI is InChI=1S/C15H14Cl6O7S/c1-13(2,7-27-11(22)14(16,17)18)9-5-8(6-29(24,25)26)3-4-10(9)28-12(23)15(19,20)21/h3-5H,6-7H2,1-2H3,(H,24,25,26). The van der Waals surface area contributed by atoms with Crippen LogP contribution in [0.25, 0.3) is 0 Å². The molecule has 0 aromatic heterocycles. The second kappa shape index (κ2) is 9.53. The molecule has 0 fully saturated rings. The first-order valence-corrected chi connectivity index (χ1v) is 11.3. The number of esters is 2. The molecule has 1 aromatic carbocycles. The minimum absolute atomic E-state index is 0.102. The third kappa shape index (κ3) is 8.83. The first-order chi connectivity index (χ1) is 12.8. The highest BCUT2D eigenvalue weighted by Gasteiger charge is 2.37. The van der Waals surface area contributed by atoms with Crippen LogP contribution in [0.1, 0.15) is 25.0 Å². The summed E-state index contributed by atoms with van der Waals surface area (Å²) >= 11 is 32.9. The predicted octanol–water partition coefficient (Wildman–Crippen LogP) is 4.54. The normalized spacial score (nSPS) is 13.1. The van der Waals surface area contributed by atoms with Gasteiger partial charge in [0.15, 0.2) is 0 Å². The van der Waals surface area contributed by atoms with Gasteiger partial charge in [0.2, 0.25) is 0 Å². The quantitative estimate of drug-likeness (QED) is 0.240. The average Bonchev–Trinajstić information content (AvgIpc) is 2.50. The van der Waals surface area contributed by atoms with E-state index in [4.69, 9.17) is 83.6 Å². The largest absolute Gasteiger partial charge is 0.462 e. The minimum atomic E-state index is -4.35. The van der Waals surface area contributed by atoms with Crippen molar-refractivity contribution in [2.75, 3.05) is 6.61 Å². The van der Waals surface area contributed by atoms with E-state index in [1.165, 1.54) is 18.2 Å². The number of halogens is 6. The molecule has 0 aliphatic carbocycles. The summed E-state index contributed by atoms with van der Waals surface area (Å²) in [4.78, 5) is 23.7. The van der Waals surface area contributed by atoms with Gasteiger partial charge in [-0.2, -0.15) is 8.42 Å². The number of carbonyl (C=O) groups excluding carboxylic acids is 2. The van der Waals surface area contributed by atoms with E-state index in [1.807, 2.05) is 0 Å². The molecule has 164 valence electrons. The Morgan fingerprint density at radius 3 is 1.97 bits per heavy atom. The second-order valence-electron chi connectivity index (χ2n) is 6.40. The molecule has 0 saturated heterocycles. The number of alkyl halides is 6. The van der Waals surface area contributed by atoms with Crippen LogP contribution < -0.4 is 4.74 Å². The zero-order valence-electron chi connectivity index (χ0n) is 14.7. The van der Waals surface area contributed by atoms with E-state index in [2.05, 4.69) is 0 Å². The van der Waals surface area contributed by atoms with Gasteiger partial charge in [-0.3, -0.25) is 4.55 Å². The van der Waals surface area contributed by atoms with E-state index in [0.29, 0.717) is 0 Å². The Morgan fingerprint density at radius 1 is 1.00 bits per heavy atom. The number of ether oxygens (including phenoxy) is 2. The highest BCUT2D eigenvalue weighted by atomic mass is 35.6. The lowest BCUT2D eigenvalue weighted by Gasteiger charge is -2.28. The summed E-state index contributed by atoms with van der Waals surface area (Å²) in [5, 5.41) is 0. The van der Waals surface area contributed by atoms with Gasteiger partial charge >= 0.3 is 11.9 Å². The lowest BCUT2D eigenvalue weighted by Crippen LogP contribution is -2.32. The summed E-state index contributed by atoms with van der Waals surface area (Å²) in [6.45, 7) is 2.78. The Morgan fingerprint density at radius 2 is 1.52 bits per heavy atom. The zero-order valence-corrected chi connectivity index (χ0v) is 20.1. The fourth-order valence-corrected chi connectivity index (χ4v) is 2.94. The number of hydrogen-bond acceptors (Lipinski definition) is 6.